The summed E-state index contributed by atoms with van der Waals surface area (Å²) in [4.78, 5) is 0. The average Bonchev–Trinajstić information content (AvgIpc) is 4.26. The Morgan fingerprint density at radius 2 is 0.818 bits per heavy atom. The van der Waals surface area contributed by atoms with E-state index in [1.165, 1.54) is 138 Å². The van der Waals surface area contributed by atoms with Gasteiger partial charge in [-0.05, 0) is 236 Å². The van der Waals surface area contributed by atoms with Crippen LogP contribution in [-0.2, 0) is 21.7 Å². The lowest BCUT2D eigenvalue weighted by molar-refractivity contribution is 0.485. The van der Waals surface area contributed by atoms with Gasteiger partial charge in [0.2, 0.25) is 0 Å². The smallest absolute Gasteiger partial charge is 0.0210 e. The van der Waals surface area contributed by atoms with Crippen molar-refractivity contribution >= 4 is 43.5 Å². The van der Waals surface area contributed by atoms with Crippen LogP contribution < -0.4 is 0 Å². The normalized spacial score (nSPS) is 16.4. The van der Waals surface area contributed by atoms with Crippen LogP contribution >= 0.6 is 0 Å². The Balaban J connectivity index is 0.792. The van der Waals surface area contributed by atoms with E-state index in [2.05, 4.69) is 238 Å². The number of fused-ring (bicyclic) bond motifs is 8. The molecule has 14 rings (SSSR count). The van der Waals surface area contributed by atoms with Crippen LogP contribution in [0.1, 0.15) is 158 Å². The predicted octanol–water partition coefficient (Wildman–Crippen LogP) is 21.8. The lowest BCUT2D eigenvalue weighted by atomic mass is 9.70. The van der Waals surface area contributed by atoms with E-state index in [0.29, 0.717) is 0 Å². The van der Waals surface area contributed by atoms with Gasteiger partial charge >= 0.3 is 0 Å². The van der Waals surface area contributed by atoms with Crippen LogP contribution in [0, 0.1) is 0 Å². The summed E-state index contributed by atoms with van der Waals surface area (Å²) in [6.07, 6.45) is 11.3. The molecule has 0 unspecified atom stereocenters. The van der Waals surface area contributed by atoms with Gasteiger partial charge in [-0.25, -0.2) is 0 Å². The number of hydrogen-bond donors (Lipinski definition) is 0. The number of allylic oxidation sites excluding steroid dienone is 4. The molecule has 0 radical (unpaired) electrons. The molecule has 77 heavy (non-hydrogen) atoms. The molecular formula is C77H72. The zero-order valence-corrected chi connectivity index (χ0v) is 46.9. The van der Waals surface area contributed by atoms with E-state index in [0.717, 1.165) is 51.4 Å². The topological polar surface area (TPSA) is 0 Å². The van der Waals surface area contributed by atoms with Crippen LogP contribution in [0.4, 0.5) is 0 Å². The number of rotatable bonds is 10. The second-order valence-electron chi connectivity index (χ2n) is 24.5. The van der Waals surface area contributed by atoms with Crippen LogP contribution in [0.5, 0.6) is 0 Å². The van der Waals surface area contributed by atoms with E-state index in [9.17, 15) is 0 Å². The van der Waals surface area contributed by atoms with Crippen LogP contribution in [0.15, 0.2) is 182 Å². The third kappa shape index (κ3) is 6.70. The third-order valence-corrected chi connectivity index (χ3v) is 20.6. The predicted molar refractivity (Wildman–Crippen MR) is 332 cm³/mol. The molecule has 0 bridgehead atoms. The first-order valence-corrected chi connectivity index (χ1v) is 29.4. The Hall–Kier alpha value is -7.28. The van der Waals surface area contributed by atoms with Crippen molar-refractivity contribution in [2.24, 2.45) is 0 Å². The molecule has 0 atom stereocenters. The van der Waals surface area contributed by atoms with Crippen molar-refractivity contribution in [3.63, 3.8) is 0 Å². The van der Waals surface area contributed by atoms with E-state index in [4.69, 9.17) is 0 Å². The van der Waals surface area contributed by atoms with Crippen molar-refractivity contribution in [2.45, 2.75) is 135 Å². The van der Waals surface area contributed by atoms with E-state index < -0.39 is 0 Å². The van der Waals surface area contributed by atoms with Crippen LogP contribution in [-0.4, -0.2) is 0 Å². The summed E-state index contributed by atoms with van der Waals surface area (Å²) in [7, 11) is 0. The van der Waals surface area contributed by atoms with Gasteiger partial charge in [0.05, 0.1) is 0 Å². The fourth-order valence-electron chi connectivity index (χ4n) is 16.1. The summed E-state index contributed by atoms with van der Waals surface area (Å²) in [6, 6.07) is 67.2. The maximum Gasteiger partial charge on any atom is 0.0210 e. The molecule has 10 aromatic rings. The first kappa shape index (κ1) is 48.1. The quantitative estimate of drug-likeness (QED) is 0.120. The van der Waals surface area contributed by atoms with Crippen molar-refractivity contribution in [1.29, 1.82) is 0 Å². The molecule has 0 heterocycles. The fourth-order valence-corrected chi connectivity index (χ4v) is 16.1. The molecule has 0 saturated heterocycles. The van der Waals surface area contributed by atoms with E-state index >= 15 is 0 Å². The van der Waals surface area contributed by atoms with Gasteiger partial charge in [-0.15, -0.1) is 0 Å². The minimum Gasteiger partial charge on any atom is -0.0642 e. The molecule has 0 nitrogen and oxygen atoms in total. The van der Waals surface area contributed by atoms with Gasteiger partial charge in [-0.1, -0.05) is 208 Å². The number of hydrogen-bond acceptors (Lipinski definition) is 0. The van der Waals surface area contributed by atoms with Crippen molar-refractivity contribution in [1.82, 2.24) is 0 Å². The van der Waals surface area contributed by atoms with E-state index in [1.807, 2.05) is 0 Å². The Bertz CT molecular complexity index is 4120. The van der Waals surface area contributed by atoms with Crippen LogP contribution in [0.2, 0.25) is 0 Å². The van der Waals surface area contributed by atoms with E-state index in [1.54, 1.807) is 11.1 Å². The lowest BCUT2D eigenvalue weighted by Gasteiger charge is -2.33. The minimum absolute atomic E-state index is 0.0306. The highest BCUT2D eigenvalue weighted by molar-refractivity contribution is 6.25. The summed E-state index contributed by atoms with van der Waals surface area (Å²) < 4.78 is 0. The van der Waals surface area contributed by atoms with Gasteiger partial charge in [0.1, 0.15) is 0 Å². The van der Waals surface area contributed by atoms with Gasteiger partial charge in [-0.2, -0.15) is 0 Å². The van der Waals surface area contributed by atoms with Gasteiger partial charge in [0, 0.05) is 16.2 Å². The molecule has 4 aliphatic carbocycles. The standard InChI is InChI=1S/C77H72/c1-10-75(11-2)66-22-17-16-21-59(66)60-33-27-50(43-67(60)75)51-28-35-63-64-37-30-53(46-71(64)77(14-5,15-6)70(63)44-51)52-29-36-62-61-34-26-49(42-68(61)76(12-3,13-4)69(62)45-52)48-19-18-20-54(39-48)58-32-25-47-23-24-55-40-57(74(7,8)9)41-56-31-38-65(58)73(47)72(55)56/h16-28,30-35,37-46H,10-15,29,36H2,1-9H3. The fraction of sp³-hybridized carbons (Fsp3) is 0.273. The zero-order chi connectivity index (χ0) is 52.8. The summed E-state index contributed by atoms with van der Waals surface area (Å²) in [5.41, 5.74) is 30.0. The van der Waals surface area contributed by atoms with Crippen LogP contribution in [0.25, 0.3) is 99.1 Å². The lowest BCUT2D eigenvalue weighted by Crippen LogP contribution is -2.25. The Kier molecular flexibility index (Phi) is 10.9. The highest BCUT2D eigenvalue weighted by atomic mass is 14.5. The van der Waals surface area contributed by atoms with Crippen molar-refractivity contribution < 1.29 is 0 Å². The Morgan fingerprint density at radius 3 is 1.43 bits per heavy atom. The molecule has 4 aliphatic rings. The molecule has 0 amide bonds. The summed E-state index contributed by atoms with van der Waals surface area (Å²) in [5, 5.41) is 8.06. The monoisotopic (exact) mass is 997 g/mol. The molecule has 0 fully saturated rings. The number of benzene rings is 10. The van der Waals surface area contributed by atoms with Crippen molar-refractivity contribution in [3.05, 3.63) is 226 Å². The first-order chi connectivity index (χ1) is 37.4. The molecule has 380 valence electrons. The molecule has 10 aromatic carbocycles. The average molecular weight is 997 g/mol. The Labute approximate surface area is 458 Å². The van der Waals surface area contributed by atoms with Crippen molar-refractivity contribution in [3.8, 4) is 55.6 Å². The minimum atomic E-state index is -0.0375. The Morgan fingerprint density at radius 1 is 0.351 bits per heavy atom. The summed E-state index contributed by atoms with van der Waals surface area (Å²) in [6.45, 7) is 21.4. The largest absolute Gasteiger partial charge is 0.0642 e. The highest BCUT2D eigenvalue weighted by Gasteiger charge is 2.45. The van der Waals surface area contributed by atoms with Gasteiger partial charge in [0.25, 0.3) is 0 Å². The zero-order valence-electron chi connectivity index (χ0n) is 46.9. The molecule has 0 spiro atoms. The van der Waals surface area contributed by atoms with Gasteiger partial charge in [-0.3, -0.25) is 0 Å². The summed E-state index contributed by atoms with van der Waals surface area (Å²) in [5.74, 6) is 0. The molecule has 0 aromatic heterocycles. The maximum absolute atomic E-state index is 2.66. The molecular weight excluding hydrogens is 925 g/mol. The van der Waals surface area contributed by atoms with Crippen molar-refractivity contribution in [2.75, 3.05) is 0 Å². The van der Waals surface area contributed by atoms with E-state index in [-0.39, 0.29) is 21.7 Å². The second-order valence-corrected chi connectivity index (χ2v) is 24.5. The third-order valence-electron chi connectivity index (χ3n) is 20.6. The molecule has 0 heteroatoms. The summed E-state index contributed by atoms with van der Waals surface area (Å²) >= 11 is 0. The SMILES string of the molecule is CCC1(CC)C2=C(CCC(c3ccc4c(c3)C(CC)(CC)c3cc(-c5ccc6c(c5)C(CC)(CC)c5ccccc5-6)ccc3-4)=C2)c2ccc(-c3cccc(-c4ccc5ccc6cc(C(C)(C)C)cc7ccc4c5c67)c3)cc21. The second kappa shape index (κ2) is 17.4. The molecule has 0 saturated carbocycles. The molecule has 0 aliphatic heterocycles. The highest BCUT2D eigenvalue weighted by Crippen LogP contribution is 2.59. The van der Waals surface area contributed by atoms with Gasteiger partial charge in [0.15, 0.2) is 0 Å². The van der Waals surface area contributed by atoms with Crippen LogP contribution in [0.3, 0.4) is 0 Å². The molecule has 0 N–H and O–H groups in total. The van der Waals surface area contributed by atoms with Gasteiger partial charge < -0.3 is 0 Å². The first-order valence-electron chi connectivity index (χ1n) is 29.4. The maximum atomic E-state index is 2.66.